The first kappa shape index (κ1) is 18.2. The first-order valence-corrected chi connectivity index (χ1v) is 8.85. The molecule has 1 saturated heterocycles. The summed E-state index contributed by atoms with van der Waals surface area (Å²) in [5.74, 6) is -0.831. The van der Waals surface area contributed by atoms with Crippen molar-refractivity contribution in [2.75, 3.05) is 13.1 Å². The van der Waals surface area contributed by atoms with Crippen molar-refractivity contribution in [2.24, 2.45) is 7.05 Å². The predicted octanol–water partition coefficient (Wildman–Crippen LogP) is 1.27. The Hall–Kier alpha value is -2.64. The molecule has 3 heterocycles. The van der Waals surface area contributed by atoms with Crippen LogP contribution in [0.25, 0.3) is 0 Å². The normalized spacial score (nSPS) is 16.7. The number of hydrogen-bond donors (Lipinski definition) is 1. The molecule has 1 N–H and O–H groups in total. The number of aromatic nitrogens is 4. The molecule has 0 bridgehead atoms. The van der Waals surface area contributed by atoms with Crippen molar-refractivity contribution < 1.29 is 14.7 Å². The lowest BCUT2D eigenvalue weighted by atomic mass is 9.87. The summed E-state index contributed by atoms with van der Waals surface area (Å²) in [5.41, 5.74) is 2.10. The minimum atomic E-state index is -1.06. The lowest BCUT2D eigenvalue weighted by molar-refractivity contribution is -0.153. The van der Waals surface area contributed by atoms with Gasteiger partial charge >= 0.3 is 5.97 Å². The number of carboxylic acids is 1. The number of piperidine rings is 1. The van der Waals surface area contributed by atoms with Crippen LogP contribution < -0.4 is 0 Å². The number of aryl methyl sites for hydroxylation is 2. The van der Waals surface area contributed by atoms with Gasteiger partial charge in [0.2, 0.25) is 5.91 Å². The number of nitrogens with zero attached hydrogens (tertiary/aromatic N) is 5. The van der Waals surface area contributed by atoms with Gasteiger partial charge in [-0.2, -0.15) is 10.2 Å². The quantitative estimate of drug-likeness (QED) is 0.868. The number of amides is 1. The molecule has 2 aromatic rings. The first-order chi connectivity index (χ1) is 12.3. The maximum atomic E-state index is 12.6. The molecular weight excluding hydrogens is 334 g/mol. The largest absolute Gasteiger partial charge is 0.479 e. The average molecular weight is 359 g/mol. The zero-order valence-corrected chi connectivity index (χ0v) is 15.5. The van der Waals surface area contributed by atoms with Gasteiger partial charge in [-0.1, -0.05) is 0 Å². The lowest BCUT2D eigenvalue weighted by Gasteiger charge is -2.39. The molecule has 1 aliphatic heterocycles. The van der Waals surface area contributed by atoms with Crippen LogP contribution in [0.2, 0.25) is 0 Å². The third kappa shape index (κ3) is 3.11. The van der Waals surface area contributed by atoms with Crippen LogP contribution in [-0.2, 0) is 28.6 Å². The highest BCUT2D eigenvalue weighted by molar-refractivity contribution is 5.79. The molecule has 0 aliphatic carbocycles. The van der Waals surface area contributed by atoms with E-state index in [9.17, 15) is 14.7 Å². The number of carbonyl (C=O) groups is 2. The van der Waals surface area contributed by atoms with E-state index in [4.69, 9.17) is 0 Å². The predicted molar refractivity (Wildman–Crippen MR) is 94.7 cm³/mol. The minimum Gasteiger partial charge on any atom is -0.479 e. The molecule has 8 heteroatoms. The molecule has 0 unspecified atom stereocenters. The van der Waals surface area contributed by atoms with Crippen LogP contribution in [0.3, 0.4) is 0 Å². The van der Waals surface area contributed by atoms with E-state index in [1.807, 2.05) is 25.6 Å². The summed E-state index contributed by atoms with van der Waals surface area (Å²) in [6, 6.07) is 1.72. The molecule has 3 rings (SSSR count). The number of hydrogen-bond acceptors (Lipinski definition) is 4. The summed E-state index contributed by atoms with van der Waals surface area (Å²) in [6.07, 6.45) is 5.06. The molecule has 8 nitrogen and oxygen atoms in total. The second kappa shape index (κ2) is 6.93. The van der Waals surface area contributed by atoms with Crippen LogP contribution in [0.1, 0.15) is 36.2 Å². The summed E-state index contributed by atoms with van der Waals surface area (Å²) in [4.78, 5) is 26.2. The van der Waals surface area contributed by atoms with Crippen LogP contribution in [0, 0.1) is 13.8 Å². The summed E-state index contributed by atoms with van der Waals surface area (Å²) in [6.45, 7) is 4.82. The lowest BCUT2D eigenvalue weighted by Crippen LogP contribution is -2.52. The van der Waals surface area contributed by atoms with Crippen molar-refractivity contribution in [1.82, 2.24) is 24.5 Å². The maximum Gasteiger partial charge on any atom is 0.331 e. The van der Waals surface area contributed by atoms with E-state index in [-0.39, 0.29) is 5.91 Å². The van der Waals surface area contributed by atoms with Crippen molar-refractivity contribution in [3.63, 3.8) is 0 Å². The topological polar surface area (TPSA) is 93.3 Å². The Balaban J connectivity index is 1.62. The van der Waals surface area contributed by atoms with Gasteiger partial charge < -0.3 is 10.0 Å². The highest BCUT2D eigenvalue weighted by Gasteiger charge is 2.44. The van der Waals surface area contributed by atoms with Crippen LogP contribution in [0.5, 0.6) is 0 Å². The number of rotatable bonds is 5. The maximum absolute atomic E-state index is 12.6. The van der Waals surface area contributed by atoms with Gasteiger partial charge in [-0.15, -0.1) is 0 Å². The molecule has 1 aliphatic rings. The van der Waals surface area contributed by atoms with E-state index in [0.29, 0.717) is 38.8 Å². The Labute approximate surface area is 152 Å². The Kier molecular flexibility index (Phi) is 4.84. The first-order valence-electron chi connectivity index (χ1n) is 8.85. The highest BCUT2D eigenvalue weighted by Crippen LogP contribution is 2.30. The van der Waals surface area contributed by atoms with E-state index in [1.54, 1.807) is 23.4 Å². The molecule has 0 spiro atoms. The molecule has 1 amide bonds. The van der Waals surface area contributed by atoms with Gasteiger partial charge in [-0.3, -0.25) is 14.2 Å². The van der Waals surface area contributed by atoms with Gasteiger partial charge in [0.05, 0.1) is 5.69 Å². The molecule has 1 fully saturated rings. The molecule has 0 radical (unpaired) electrons. The zero-order valence-electron chi connectivity index (χ0n) is 15.5. The Morgan fingerprint density at radius 1 is 1.27 bits per heavy atom. The van der Waals surface area contributed by atoms with Gasteiger partial charge in [-0.05, 0) is 31.9 Å². The van der Waals surface area contributed by atoms with E-state index in [2.05, 4.69) is 10.2 Å². The Morgan fingerprint density at radius 2 is 1.96 bits per heavy atom. The van der Waals surface area contributed by atoms with Gasteiger partial charge in [0.25, 0.3) is 0 Å². The number of carbonyl (C=O) groups excluding carboxylic acids is 1. The molecule has 26 heavy (non-hydrogen) atoms. The van der Waals surface area contributed by atoms with Crippen LogP contribution in [0.15, 0.2) is 18.5 Å². The average Bonchev–Trinajstić information content (AvgIpc) is 3.23. The smallest absolute Gasteiger partial charge is 0.331 e. The molecule has 0 aromatic carbocycles. The van der Waals surface area contributed by atoms with E-state index in [1.165, 1.54) is 4.68 Å². The highest BCUT2D eigenvalue weighted by atomic mass is 16.4. The SMILES string of the molecule is Cc1nn(C)c(C)c1CCC(=O)N1CCC(C(=O)O)(n2cccn2)CC1. The van der Waals surface area contributed by atoms with Crippen molar-refractivity contribution in [3.05, 3.63) is 35.4 Å². The van der Waals surface area contributed by atoms with Gasteiger partial charge in [0, 0.05) is 57.5 Å². The fourth-order valence-corrected chi connectivity index (χ4v) is 3.76. The van der Waals surface area contributed by atoms with Crippen molar-refractivity contribution in [2.45, 2.75) is 45.1 Å². The number of aliphatic carboxylic acids is 1. The number of carboxylic acid groups (broad SMARTS) is 1. The molecule has 2 aromatic heterocycles. The fraction of sp³-hybridized carbons (Fsp3) is 0.556. The monoisotopic (exact) mass is 359 g/mol. The Bertz CT molecular complexity index is 801. The number of likely N-dealkylation sites (tertiary alicyclic amines) is 1. The molecule has 0 saturated carbocycles. The van der Waals surface area contributed by atoms with Crippen molar-refractivity contribution >= 4 is 11.9 Å². The van der Waals surface area contributed by atoms with Gasteiger partial charge in [-0.25, -0.2) is 4.79 Å². The summed E-state index contributed by atoms with van der Waals surface area (Å²) in [7, 11) is 1.90. The standard InChI is InChI=1S/C18H25N5O3/c1-13-15(14(2)21(3)20-13)5-6-16(24)22-11-7-18(8-12-22,17(25)26)23-10-4-9-19-23/h4,9-10H,5-8,11-12H2,1-3H3,(H,25,26). The fourth-order valence-electron chi connectivity index (χ4n) is 3.76. The summed E-state index contributed by atoms with van der Waals surface area (Å²) >= 11 is 0. The van der Waals surface area contributed by atoms with Crippen LogP contribution in [-0.4, -0.2) is 54.5 Å². The van der Waals surface area contributed by atoms with Gasteiger partial charge in [0.15, 0.2) is 5.54 Å². The van der Waals surface area contributed by atoms with Crippen molar-refractivity contribution in [1.29, 1.82) is 0 Å². The van der Waals surface area contributed by atoms with Crippen LogP contribution >= 0.6 is 0 Å². The molecule has 140 valence electrons. The van der Waals surface area contributed by atoms with Crippen LogP contribution in [0.4, 0.5) is 0 Å². The molecule has 0 atom stereocenters. The molecular formula is C18H25N5O3. The Morgan fingerprint density at radius 3 is 2.46 bits per heavy atom. The summed E-state index contributed by atoms with van der Waals surface area (Å²) < 4.78 is 3.35. The van der Waals surface area contributed by atoms with E-state index < -0.39 is 11.5 Å². The zero-order chi connectivity index (χ0) is 18.9. The third-order valence-electron chi connectivity index (χ3n) is 5.53. The third-order valence-corrected chi connectivity index (χ3v) is 5.53. The van der Waals surface area contributed by atoms with Crippen molar-refractivity contribution in [3.8, 4) is 0 Å². The second-order valence-corrected chi connectivity index (χ2v) is 6.94. The van der Waals surface area contributed by atoms with E-state index in [0.717, 1.165) is 17.0 Å². The minimum absolute atomic E-state index is 0.0621. The van der Waals surface area contributed by atoms with Gasteiger partial charge in [0.1, 0.15) is 0 Å². The second-order valence-electron chi connectivity index (χ2n) is 6.94. The summed E-state index contributed by atoms with van der Waals surface area (Å²) in [5, 5.41) is 18.2. The van der Waals surface area contributed by atoms with E-state index >= 15 is 0 Å².